The second-order valence-corrected chi connectivity index (χ2v) is 5.66. The van der Waals surface area contributed by atoms with E-state index in [-0.39, 0.29) is 0 Å². The molecule has 0 unspecified atom stereocenters. The first kappa shape index (κ1) is 12.7. The first-order valence-electron chi connectivity index (χ1n) is 7.22. The van der Waals surface area contributed by atoms with E-state index >= 15 is 0 Å². The van der Waals surface area contributed by atoms with Gasteiger partial charge in [-0.1, -0.05) is 6.92 Å². The largest absolute Gasteiger partial charge is 0.379 e. The van der Waals surface area contributed by atoms with Gasteiger partial charge in [0.2, 0.25) is 0 Å². The minimum Gasteiger partial charge on any atom is -0.379 e. The van der Waals surface area contributed by atoms with Crippen LogP contribution in [0.15, 0.2) is 12.4 Å². The second kappa shape index (κ2) is 5.74. The van der Waals surface area contributed by atoms with Crippen LogP contribution in [0.5, 0.6) is 0 Å². The van der Waals surface area contributed by atoms with E-state index in [4.69, 9.17) is 4.74 Å². The number of nitrogens with one attached hydrogen (secondary N) is 1. The SMILES string of the molecule is C[C@@H]1CCN(c2cc(N[C@@H]3CCCOC3)ncn2)C1. The van der Waals surface area contributed by atoms with Gasteiger partial charge in [-0.3, -0.25) is 0 Å². The van der Waals surface area contributed by atoms with Crippen molar-refractivity contribution < 1.29 is 4.74 Å². The van der Waals surface area contributed by atoms with E-state index in [1.165, 1.54) is 6.42 Å². The average Bonchev–Trinajstić information content (AvgIpc) is 2.87. The highest BCUT2D eigenvalue weighted by Crippen LogP contribution is 2.23. The van der Waals surface area contributed by atoms with Crippen LogP contribution in [0.3, 0.4) is 0 Å². The average molecular weight is 262 g/mol. The summed E-state index contributed by atoms with van der Waals surface area (Å²) in [5.74, 6) is 2.72. The van der Waals surface area contributed by atoms with E-state index in [2.05, 4.69) is 33.2 Å². The summed E-state index contributed by atoms with van der Waals surface area (Å²) in [6.45, 7) is 6.16. The molecule has 0 aliphatic carbocycles. The van der Waals surface area contributed by atoms with Crippen molar-refractivity contribution in [3.63, 3.8) is 0 Å². The van der Waals surface area contributed by atoms with Gasteiger partial charge in [0.15, 0.2) is 0 Å². The smallest absolute Gasteiger partial charge is 0.134 e. The van der Waals surface area contributed by atoms with Gasteiger partial charge >= 0.3 is 0 Å². The Morgan fingerprint density at radius 1 is 1.37 bits per heavy atom. The zero-order valence-electron chi connectivity index (χ0n) is 11.5. The van der Waals surface area contributed by atoms with Gasteiger partial charge in [0.25, 0.3) is 0 Å². The van der Waals surface area contributed by atoms with Crippen LogP contribution in [0.1, 0.15) is 26.2 Å². The molecule has 3 rings (SSSR count). The summed E-state index contributed by atoms with van der Waals surface area (Å²) in [7, 11) is 0. The molecular formula is C14H22N4O. The topological polar surface area (TPSA) is 50.3 Å². The fourth-order valence-electron chi connectivity index (χ4n) is 2.81. The van der Waals surface area contributed by atoms with Crippen LogP contribution in [0.2, 0.25) is 0 Å². The molecule has 2 aliphatic rings. The molecule has 0 spiro atoms. The maximum atomic E-state index is 5.48. The Balaban J connectivity index is 1.65. The molecule has 0 amide bonds. The minimum absolute atomic E-state index is 0.383. The molecule has 1 aromatic heterocycles. The standard InChI is InChI=1S/C14H22N4O/c1-11-4-5-18(8-11)14-7-13(15-10-16-14)17-12-3-2-6-19-9-12/h7,10-12H,2-6,8-9H2,1H3,(H,15,16,17)/t11-,12-/m1/s1. The number of rotatable bonds is 3. The molecule has 2 saturated heterocycles. The van der Waals surface area contributed by atoms with Crippen molar-refractivity contribution in [1.82, 2.24) is 9.97 Å². The number of anilines is 2. The Bertz CT molecular complexity index is 420. The van der Waals surface area contributed by atoms with Crippen LogP contribution in [0, 0.1) is 5.92 Å². The van der Waals surface area contributed by atoms with E-state index in [9.17, 15) is 0 Å². The number of hydrogen-bond donors (Lipinski definition) is 1. The van der Waals surface area contributed by atoms with Gasteiger partial charge in [0.05, 0.1) is 12.6 Å². The lowest BCUT2D eigenvalue weighted by atomic mass is 10.1. The van der Waals surface area contributed by atoms with Crippen molar-refractivity contribution in [2.45, 2.75) is 32.2 Å². The Hall–Kier alpha value is -1.36. The molecule has 0 aromatic carbocycles. The molecule has 0 saturated carbocycles. The highest BCUT2D eigenvalue weighted by molar-refractivity contribution is 5.49. The van der Waals surface area contributed by atoms with Gasteiger partial charge < -0.3 is 15.0 Å². The van der Waals surface area contributed by atoms with Crippen molar-refractivity contribution in [3.8, 4) is 0 Å². The molecule has 1 N–H and O–H groups in total. The van der Waals surface area contributed by atoms with Gasteiger partial charge in [0.1, 0.15) is 18.0 Å². The number of aromatic nitrogens is 2. The summed E-state index contributed by atoms with van der Waals surface area (Å²) < 4.78 is 5.48. The Morgan fingerprint density at radius 3 is 3.05 bits per heavy atom. The van der Waals surface area contributed by atoms with E-state index in [1.54, 1.807) is 6.33 Å². The van der Waals surface area contributed by atoms with Gasteiger partial charge in [-0.25, -0.2) is 9.97 Å². The minimum atomic E-state index is 0.383. The summed E-state index contributed by atoms with van der Waals surface area (Å²) in [5.41, 5.74) is 0. The van der Waals surface area contributed by atoms with E-state index in [0.717, 1.165) is 56.7 Å². The molecule has 19 heavy (non-hydrogen) atoms. The Kier molecular flexibility index (Phi) is 3.82. The summed E-state index contributed by atoms with van der Waals surface area (Å²) in [5, 5.41) is 3.45. The lowest BCUT2D eigenvalue weighted by Crippen LogP contribution is -2.30. The third kappa shape index (κ3) is 3.15. The maximum Gasteiger partial charge on any atom is 0.134 e. The molecular weight excluding hydrogens is 240 g/mol. The number of nitrogens with zero attached hydrogens (tertiary/aromatic N) is 3. The molecule has 5 nitrogen and oxygen atoms in total. The van der Waals surface area contributed by atoms with Crippen LogP contribution in [0.4, 0.5) is 11.6 Å². The van der Waals surface area contributed by atoms with Crippen molar-refractivity contribution in [1.29, 1.82) is 0 Å². The molecule has 2 fully saturated rings. The molecule has 0 radical (unpaired) electrons. The number of hydrogen-bond acceptors (Lipinski definition) is 5. The highest BCUT2D eigenvalue weighted by atomic mass is 16.5. The van der Waals surface area contributed by atoms with Gasteiger partial charge in [-0.05, 0) is 25.2 Å². The molecule has 1 aromatic rings. The summed E-state index contributed by atoms with van der Waals surface area (Å²) in [6.07, 6.45) is 5.19. The summed E-state index contributed by atoms with van der Waals surface area (Å²) >= 11 is 0. The number of ether oxygens (including phenoxy) is 1. The molecule has 104 valence electrons. The molecule has 0 bridgehead atoms. The van der Waals surface area contributed by atoms with Gasteiger partial charge in [0, 0.05) is 25.8 Å². The van der Waals surface area contributed by atoms with Crippen LogP contribution in [-0.4, -0.2) is 42.3 Å². The zero-order valence-corrected chi connectivity index (χ0v) is 11.5. The quantitative estimate of drug-likeness (QED) is 0.902. The van der Waals surface area contributed by atoms with E-state index in [1.807, 2.05) is 0 Å². The van der Waals surface area contributed by atoms with Crippen LogP contribution in [-0.2, 0) is 4.74 Å². The third-order valence-electron chi connectivity index (χ3n) is 3.91. The molecule has 2 atom stereocenters. The third-order valence-corrected chi connectivity index (χ3v) is 3.91. The Labute approximate surface area is 114 Å². The van der Waals surface area contributed by atoms with Crippen LogP contribution in [0.25, 0.3) is 0 Å². The van der Waals surface area contributed by atoms with Crippen molar-refractivity contribution in [2.24, 2.45) is 5.92 Å². The second-order valence-electron chi connectivity index (χ2n) is 5.66. The summed E-state index contributed by atoms with van der Waals surface area (Å²) in [4.78, 5) is 11.1. The molecule has 3 heterocycles. The fraction of sp³-hybridized carbons (Fsp3) is 0.714. The van der Waals surface area contributed by atoms with E-state index in [0.29, 0.717) is 6.04 Å². The monoisotopic (exact) mass is 262 g/mol. The van der Waals surface area contributed by atoms with Crippen molar-refractivity contribution >= 4 is 11.6 Å². The fourth-order valence-corrected chi connectivity index (χ4v) is 2.81. The van der Waals surface area contributed by atoms with Gasteiger partial charge in [-0.2, -0.15) is 0 Å². The summed E-state index contributed by atoms with van der Waals surface area (Å²) in [6, 6.07) is 2.45. The first-order chi connectivity index (χ1) is 9.31. The molecule has 2 aliphatic heterocycles. The zero-order chi connectivity index (χ0) is 13.1. The highest BCUT2D eigenvalue weighted by Gasteiger charge is 2.20. The molecule has 5 heteroatoms. The van der Waals surface area contributed by atoms with E-state index < -0.39 is 0 Å². The van der Waals surface area contributed by atoms with Crippen molar-refractivity contribution in [3.05, 3.63) is 12.4 Å². The first-order valence-corrected chi connectivity index (χ1v) is 7.22. The predicted molar refractivity (Wildman–Crippen MR) is 75.5 cm³/mol. The van der Waals surface area contributed by atoms with Gasteiger partial charge in [-0.15, -0.1) is 0 Å². The van der Waals surface area contributed by atoms with Crippen LogP contribution < -0.4 is 10.2 Å². The van der Waals surface area contributed by atoms with Crippen LogP contribution >= 0.6 is 0 Å². The normalized spacial score (nSPS) is 27.5. The lowest BCUT2D eigenvalue weighted by Gasteiger charge is -2.24. The predicted octanol–water partition coefficient (Wildman–Crippen LogP) is 1.91. The maximum absolute atomic E-state index is 5.48. The Morgan fingerprint density at radius 2 is 2.32 bits per heavy atom. The lowest BCUT2D eigenvalue weighted by molar-refractivity contribution is 0.0875. The van der Waals surface area contributed by atoms with Crippen molar-refractivity contribution in [2.75, 3.05) is 36.5 Å².